The second-order valence-corrected chi connectivity index (χ2v) is 4.61. The van der Waals surface area contributed by atoms with Crippen molar-refractivity contribution >= 4 is 0 Å². The number of ether oxygens (including phenoxy) is 3. The molecule has 0 amide bonds. The standard InChI is InChI=1S/C14H21NO3/c1-16-13-3-2-4-14(7-13)18-10-12(8-15)11-5-6-17-9-11/h2-4,7,11-12H,5-6,8-10,15H2,1H3. The Kier molecular flexibility index (Phi) is 4.84. The summed E-state index contributed by atoms with van der Waals surface area (Å²) in [6, 6.07) is 7.64. The summed E-state index contributed by atoms with van der Waals surface area (Å²) in [5.74, 6) is 2.52. The van der Waals surface area contributed by atoms with Crippen molar-refractivity contribution in [3.05, 3.63) is 24.3 Å². The topological polar surface area (TPSA) is 53.7 Å². The molecule has 0 aromatic heterocycles. The van der Waals surface area contributed by atoms with E-state index in [0.29, 0.717) is 25.0 Å². The third-order valence-corrected chi connectivity index (χ3v) is 3.44. The van der Waals surface area contributed by atoms with Crippen LogP contribution in [-0.2, 0) is 4.74 Å². The summed E-state index contributed by atoms with van der Waals surface area (Å²) in [5, 5.41) is 0. The van der Waals surface area contributed by atoms with Gasteiger partial charge in [0.15, 0.2) is 0 Å². The third-order valence-electron chi connectivity index (χ3n) is 3.44. The van der Waals surface area contributed by atoms with Crippen LogP contribution >= 0.6 is 0 Å². The van der Waals surface area contributed by atoms with Crippen molar-refractivity contribution in [2.45, 2.75) is 6.42 Å². The molecule has 4 heteroatoms. The van der Waals surface area contributed by atoms with Gasteiger partial charge in [-0.1, -0.05) is 6.07 Å². The molecule has 0 radical (unpaired) electrons. The predicted octanol–water partition coefficient (Wildman–Crippen LogP) is 1.69. The first-order valence-electron chi connectivity index (χ1n) is 6.38. The molecule has 100 valence electrons. The van der Waals surface area contributed by atoms with Gasteiger partial charge in [0, 0.05) is 25.2 Å². The van der Waals surface area contributed by atoms with Gasteiger partial charge in [0.05, 0.1) is 13.7 Å². The van der Waals surface area contributed by atoms with Gasteiger partial charge in [-0.05, 0) is 31.0 Å². The zero-order valence-corrected chi connectivity index (χ0v) is 10.8. The number of methoxy groups -OCH3 is 1. The second-order valence-electron chi connectivity index (χ2n) is 4.61. The van der Waals surface area contributed by atoms with Crippen molar-refractivity contribution in [1.82, 2.24) is 0 Å². The normalized spacial score (nSPS) is 20.7. The minimum absolute atomic E-state index is 0.360. The molecule has 1 saturated heterocycles. The molecule has 2 unspecified atom stereocenters. The van der Waals surface area contributed by atoms with E-state index < -0.39 is 0 Å². The largest absolute Gasteiger partial charge is 0.497 e. The molecule has 0 aliphatic carbocycles. The van der Waals surface area contributed by atoms with Gasteiger partial charge in [-0.25, -0.2) is 0 Å². The molecule has 0 saturated carbocycles. The monoisotopic (exact) mass is 251 g/mol. The predicted molar refractivity (Wildman–Crippen MR) is 70.0 cm³/mol. The van der Waals surface area contributed by atoms with Crippen LogP contribution in [0.5, 0.6) is 11.5 Å². The Bertz CT molecular complexity index is 364. The van der Waals surface area contributed by atoms with Crippen LogP contribution in [-0.4, -0.2) is 33.5 Å². The summed E-state index contributed by atoms with van der Waals surface area (Å²) in [4.78, 5) is 0. The molecule has 1 aliphatic heterocycles. The van der Waals surface area contributed by atoms with Crippen molar-refractivity contribution in [3.8, 4) is 11.5 Å². The molecule has 1 fully saturated rings. The van der Waals surface area contributed by atoms with Crippen LogP contribution in [0.15, 0.2) is 24.3 Å². The summed E-state index contributed by atoms with van der Waals surface area (Å²) in [5.41, 5.74) is 5.81. The lowest BCUT2D eigenvalue weighted by Crippen LogP contribution is -2.29. The van der Waals surface area contributed by atoms with Gasteiger partial charge in [0.25, 0.3) is 0 Å². The fourth-order valence-electron chi connectivity index (χ4n) is 2.22. The molecular weight excluding hydrogens is 230 g/mol. The minimum Gasteiger partial charge on any atom is -0.497 e. The quantitative estimate of drug-likeness (QED) is 0.836. The molecule has 0 bridgehead atoms. The van der Waals surface area contributed by atoms with E-state index in [1.807, 2.05) is 24.3 Å². The summed E-state index contributed by atoms with van der Waals surface area (Å²) in [6.07, 6.45) is 1.09. The summed E-state index contributed by atoms with van der Waals surface area (Å²) >= 11 is 0. The number of hydrogen-bond acceptors (Lipinski definition) is 4. The molecule has 2 atom stereocenters. The maximum Gasteiger partial charge on any atom is 0.122 e. The SMILES string of the molecule is COc1cccc(OCC(CN)C2CCOC2)c1. The van der Waals surface area contributed by atoms with Crippen LogP contribution in [0, 0.1) is 11.8 Å². The summed E-state index contributed by atoms with van der Waals surface area (Å²) in [6.45, 7) is 2.93. The molecule has 4 nitrogen and oxygen atoms in total. The Balaban J connectivity index is 1.88. The molecule has 2 N–H and O–H groups in total. The van der Waals surface area contributed by atoms with Crippen LogP contribution in [0.2, 0.25) is 0 Å². The first kappa shape index (κ1) is 13.2. The van der Waals surface area contributed by atoms with Gasteiger partial charge >= 0.3 is 0 Å². The van der Waals surface area contributed by atoms with Crippen LogP contribution < -0.4 is 15.2 Å². The van der Waals surface area contributed by atoms with E-state index in [4.69, 9.17) is 19.9 Å². The Hall–Kier alpha value is -1.26. The fraction of sp³-hybridized carbons (Fsp3) is 0.571. The van der Waals surface area contributed by atoms with Gasteiger partial charge in [-0.15, -0.1) is 0 Å². The Labute approximate surface area is 108 Å². The first-order valence-corrected chi connectivity index (χ1v) is 6.38. The molecular formula is C14H21NO3. The van der Waals surface area contributed by atoms with Gasteiger partial charge < -0.3 is 19.9 Å². The summed E-state index contributed by atoms with van der Waals surface area (Å²) < 4.78 is 16.4. The fourth-order valence-corrected chi connectivity index (χ4v) is 2.22. The van der Waals surface area contributed by atoms with Gasteiger partial charge in [0.2, 0.25) is 0 Å². The molecule has 1 aliphatic rings. The molecule has 0 spiro atoms. The van der Waals surface area contributed by atoms with E-state index in [-0.39, 0.29) is 0 Å². The van der Waals surface area contributed by atoms with E-state index in [1.54, 1.807) is 7.11 Å². The summed E-state index contributed by atoms with van der Waals surface area (Å²) in [7, 11) is 1.65. The van der Waals surface area contributed by atoms with Crippen molar-refractivity contribution in [2.75, 3.05) is 33.5 Å². The Morgan fingerprint density at radius 3 is 2.94 bits per heavy atom. The highest BCUT2D eigenvalue weighted by molar-refractivity contribution is 5.32. The zero-order valence-electron chi connectivity index (χ0n) is 10.8. The lowest BCUT2D eigenvalue weighted by atomic mass is 9.92. The maximum absolute atomic E-state index is 5.81. The van der Waals surface area contributed by atoms with E-state index in [9.17, 15) is 0 Å². The Morgan fingerprint density at radius 1 is 1.44 bits per heavy atom. The Morgan fingerprint density at radius 2 is 2.28 bits per heavy atom. The average Bonchev–Trinajstić information content (AvgIpc) is 2.94. The minimum atomic E-state index is 0.360. The molecule has 18 heavy (non-hydrogen) atoms. The van der Waals surface area contributed by atoms with Crippen LogP contribution in [0.1, 0.15) is 6.42 Å². The highest BCUT2D eigenvalue weighted by Crippen LogP contribution is 2.24. The van der Waals surface area contributed by atoms with Gasteiger partial charge in [-0.3, -0.25) is 0 Å². The van der Waals surface area contributed by atoms with Crippen molar-refractivity contribution in [1.29, 1.82) is 0 Å². The van der Waals surface area contributed by atoms with E-state index in [1.165, 1.54) is 0 Å². The van der Waals surface area contributed by atoms with Crippen molar-refractivity contribution in [3.63, 3.8) is 0 Å². The highest BCUT2D eigenvalue weighted by Gasteiger charge is 2.25. The zero-order chi connectivity index (χ0) is 12.8. The lowest BCUT2D eigenvalue weighted by molar-refractivity contribution is 0.150. The first-order chi connectivity index (χ1) is 8.83. The second kappa shape index (κ2) is 6.61. The third kappa shape index (κ3) is 3.37. The number of hydrogen-bond donors (Lipinski definition) is 1. The van der Waals surface area contributed by atoms with Gasteiger partial charge in [0.1, 0.15) is 11.5 Å². The van der Waals surface area contributed by atoms with E-state index in [2.05, 4.69) is 0 Å². The smallest absolute Gasteiger partial charge is 0.122 e. The molecule has 1 aromatic rings. The van der Waals surface area contributed by atoms with Crippen molar-refractivity contribution < 1.29 is 14.2 Å². The number of nitrogens with two attached hydrogens (primary N) is 1. The van der Waals surface area contributed by atoms with Gasteiger partial charge in [-0.2, -0.15) is 0 Å². The number of rotatable bonds is 6. The molecule has 1 heterocycles. The van der Waals surface area contributed by atoms with Crippen LogP contribution in [0.4, 0.5) is 0 Å². The highest BCUT2D eigenvalue weighted by atomic mass is 16.5. The van der Waals surface area contributed by atoms with Crippen LogP contribution in [0.3, 0.4) is 0 Å². The average molecular weight is 251 g/mol. The van der Waals surface area contributed by atoms with Crippen LogP contribution in [0.25, 0.3) is 0 Å². The number of benzene rings is 1. The maximum atomic E-state index is 5.81. The molecule has 2 rings (SSSR count). The van der Waals surface area contributed by atoms with E-state index >= 15 is 0 Å². The van der Waals surface area contributed by atoms with E-state index in [0.717, 1.165) is 31.1 Å². The van der Waals surface area contributed by atoms with Crippen molar-refractivity contribution in [2.24, 2.45) is 17.6 Å². The molecule has 1 aromatic carbocycles. The lowest BCUT2D eigenvalue weighted by Gasteiger charge is -2.21.